The van der Waals surface area contributed by atoms with Crippen molar-refractivity contribution in [2.45, 2.75) is 38.2 Å². The first-order valence-corrected chi connectivity index (χ1v) is 11.8. The van der Waals surface area contributed by atoms with Crippen LogP contribution in [0.2, 0.25) is 0 Å². The molecule has 2 aliphatic heterocycles. The van der Waals surface area contributed by atoms with Crippen molar-refractivity contribution in [3.05, 3.63) is 72.5 Å². The lowest BCUT2D eigenvalue weighted by atomic mass is 10.0. The molecule has 1 amide bonds. The number of unbranched alkanes of at least 4 members (excludes halogenated alkanes) is 1. The Hall–Kier alpha value is -4.01. The first-order chi connectivity index (χ1) is 17.2. The van der Waals surface area contributed by atoms with Gasteiger partial charge < -0.3 is 24.3 Å². The van der Waals surface area contributed by atoms with Crippen LogP contribution in [-0.4, -0.2) is 47.3 Å². The number of hydrogen-bond donors (Lipinski definition) is 1. The first kappa shape index (κ1) is 22.8. The molecule has 1 N–H and O–H groups in total. The maximum atomic E-state index is 12.5. The van der Waals surface area contributed by atoms with E-state index < -0.39 is 6.09 Å². The summed E-state index contributed by atoms with van der Waals surface area (Å²) in [7, 11) is 1.64. The van der Waals surface area contributed by atoms with Gasteiger partial charge in [-0.1, -0.05) is 18.2 Å². The van der Waals surface area contributed by atoms with Crippen LogP contribution in [0.3, 0.4) is 0 Å². The molecule has 0 saturated carbocycles. The van der Waals surface area contributed by atoms with Crippen LogP contribution in [0.15, 0.2) is 72.5 Å². The van der Waals surface area contributed by atoms with Crippen LogP contribution < -0.4 is 10.1 Å². The van der Waals surface area contributed by atoms with Gasteiger partial charge in [0.2, 0.25) is 5.88 Å². The van der Waals surface area contributed by atoms with Gasteiger partial charge in [-0.05, 0) is 55.9 Å². The number of carbonyl (C=O) groups is 1. The number of hydrogen-bond acceptors (Lipinski definition) is 8. The Kier molecular flexibility index (Phi) is 6.83. The van der Waals surface area contributed by atoms with Gasteiger partial charge in [-0.25, -0.2) is 19.7 Å². The van der Waals surface area contributed by atoms with Gasteiger partial charge in [0.05, 0.1) is 19.2 Å². The number of nitrogens with one attached hydrogen (secondary N) is 1. The molecule has 1 atom stereocenters. The molecule has 1 fully saturated rings. The molecule has 1 unspecified atom stereocenters. The average molecular weight is 477 g/mol. The van der Waals surface area contributed by atoms with Crippen LogP contribution in [0.25, 0.3) is 10.9 Å². The van der Waals surface area contributed by atoms with Crippen molar-refractivity contribution in [3.63, 3.8) is 0 Å². The maximum absolute atomic E-state index is 12.5. The van der Waals surface area contributed by atoms with Crippen molar-refractivity contribution in [1.82, 2.24) is 14.9 Å². The molecular weight excluding hydrogens is 448 g/mol. The molecule has 182 valence electrons. The summed E-state index contributed by atoms with van der Waals surface area (Å²) in [5.74, 6) is 2.53. The van der Waals surface area contributed by atoms with Gasteiger partial charge in [0, 0.05) is 11.9 Å². The summed E-state index contributed by atoms with van der Waals surface area (Å²) >= 11 is 0. The Morgan fingerprint density at radius 3 is 3.03 bits per heavy atom. The highest BCUT2D eigenvalue weighted by Gasteiger charge is 2.36. The fraction of sp³-hybridized carbons (Fsp3) is 0.346. The normalized spacial score (nSPS) is 19.3. The van der Waals surface area contributed by atoms with Crippen LogP contribution >= 0.6 is 0 Å². The van der Waals surface area contributed by atoms with E-state index in [1.54, 1.807) is 19.7 Å². The van der Waals surface area contributed by atoms with Gasteiger partial charge in [0.25, 0.3) is 0 Å². The highest BCUT2D eigenvalue weighted by atomic mass is 16.6. The Morgan fingerprint density at radius 1 is 1.23 bits per heavy atom. The van der Waals surface area contributed by atoms with Crippen LogP contribution in [0.4, 0.5) is 10.6 Å². The van der Waals surface area contributed by atoms with Crippen molar-refractivity contribution in [2.24, 2.45) is 0 Å². The molecule has 3 aliphatic rings. The number of cyclic esters (lactones) is 1. The third-order valence-corrected chi connectivity index (χ3v) is 6.12. The lowest BCUT2D eigenvalue weighted by Gasteiger charge is -2.23. The fourth-order valence-electron chi connectivity index (χ4n) is 4.24. The van der Waals surface area contributed by atoms with E-state index in [4.69, 9.17) is 18.9 Å². The Balaban J connectivity index is 1.09. The Bertz CT molecular complexity index is 1220. The molecule has 1 aliphatic carbocycles. The lowest BCUT2D eigenvalue weighted by molar-refractivity contribution is 0.116. The van der Waals surface area contributed by atoms with Crippen molar-refractivity contribution in [1.29, 1.82) is 0 Å². The number of ether oxygens (including phenoxy) is 4. The third kappa shape index (κ3) is 5.24. The summed E-state index contributed by atoms with van der Waals surface area (Å²) in [5, 5.41) is 4.30. The van der Waals surface area contributed by atoms with E-state index in [9.17, 15) is 4.79 Å². The Labute approximate surface area is 203 Å². The number of rotatable bonds is 9. The smallest absolute Gasteiger partial charge is 0.417 e. The zero-order chi connectivity index (χ0) is 24.0. The molecule has 1 aromatic carbocycles. The largest absolute Gasteiger partial charge is 0.497 e. The minimum atomic E-state index is -0.414. The molecule has 0 spiro atoms. The first-order valence-electron chi connectivity index (χ1n) is 11.8. The predicted octanol–water partition coefficient (Wildman–Crippen LogP) is 5.00. The molecule has 0 radical (unpaired) electrons. The van der Waals surface area contributed by atoms with Crippen molar-refractivity contribution >= 4 is 22.8 Å². The number of nitrogens with zero attached hydrogens (tertiary/aromatic N) is 3. The zero-order valence-corrected chi connectivity index (χ0v) is 19.6. The molecule has 3 heterocycles. The number of amides is 1. The molecule has 2 aromatic rings. The second-order valence-electron chi connectivity index (χ2n) is 8.48. The van der Waals surface area contributed by atoms with E-state index in [1.807, 2.05) is 30.4 Å². The number of allylic oxidation sites excluding steroid dienone is 4. The minimum Gasteiger partial charge on any atom is -0.497 e. The van der Waals surface area contributed by atoms with E-state index in [0.717, 1.165) is 66.7 Å². The van der Waals surface area contributed by atoms with Crippen LogP contribution in [0.5, 0.6) is 5.75 Å². The van der Waals surface area contributed by atoms with Gasteiger partial charge in [0.15, 0.2) is 12.0 Å². The summed E-state index contributed by atoms with van der Waals surface area (Å²) in [6, 6.07) is 5.73. The SMILES string of the molecule is COc1ccc2ncnc(NCCCCC3CN(C4=COC=C(C5=CC=CCC5)O4)C(=O)O3)c2c1. The number of carbonyl (C=O) groups excluding carboxylic acids is 1. The zero-order valence-electron chi connectivity index (χ0n) is 19.6. The molecule has 0 bridgehead atoms. The second kappa shape index (κ2) is 10.5. The number of aromatic nitrogens is 2. The van der Waals surface area contributed by atoms with E-state index in [1.165, 1.54) is 11.2 Å². The van der Waals surface area contributed by atoms with Crippen LogP contribution in [0.1, 0.15) is 32.1 Å². The molecular formula is C26H28N4O5. The van der Waals surface area contributed by atoms with E-state index in [2.05, 4.69) is 21.4 Å². The van der Waals surface area contributed by atoms with Gasteiger partial charge in [-0.2, -0.15) is 0 Å². The highest BCUT2D eigenvalue weighted by molar-refractivity contribution is 5.89. The number of methoxy groups -OCH3 is 1. The minimum absolute atomic E-state index is 0.192. The fourth-order valence-corrected chi connectivity index (χ4v) is 4.24. The topological polar surface area (TPSA) is 95.0 Å². The Morgan fingerprint density at radius 2 is 2.17 bits per heavy atom. The van der Waals surface area contributed by atoms with Gasteiger partial charge in [-0.3, -0.25) is 0 Å². The summed E-state index contributed by atoms with van der Waals surface area (Å²) in [6.45, 7) is 1.18. The second-order valence-corrected chi connectivity index (χ2v) is 8.48. The van der Waals surface area contributed by atoms with Crippen molar-refractivity contribution in [2.75, 3.05) is 25.5 Å². The maximum Gasteiger partial charge on any atom is 0.417 e. The monoisotopic (exact) mass is 476 g/mol. The van der Waals surface area contributed by atoms with E-state index in [-0.39, 0.29) is 6.10 Å². The standard InChI is InChI=1S/C26H28N4O5/c1-32-19-10-11-22-21(13-19)25(29-17-28-22)27-12-6-5-9-20-14-30(26(31)34-20)24-16-33-15-23(35-24)18-7-3-2-4-8-18/h2-3,7,10-11,13,15-17,20H,4-6,8-9,12,14H2,1H3,(H,27,28,29). The molecule has 1 aromatic heterocycles. The number of benzene rings is 1. The molecule has 9 nitrogen and oxygen atoms in total. The van der Waals surface area contributed by atoms with Gasteiger partial charge >= 0.3 is 6.09 Å². The number of fused-ring (bicyclic) bond motifs is 1. The van der Waals surface area contributed by atoms with E-state index in [0.29, 0.717) is 18.2 Å². The summed E-state index contributed by atoms with van der Waals surface area (Å²) in [4.78, 5) is 22.6. The van der Waals surface area contributed by atoms with Gasteiger partial charge in [0.1, 0.15) is 30.3 Å². The summed E-state index contributed by atoms with van der Waals surface area (Å²) < 4.78 is 22.3. The average Bonchev–Trinajstić information content (AvgIpc) is 3.29. The number of anilines is 1. The molecule has 5 rings (SSSR count). The quantitative estimate of drug-likeness (QED) is 0.505. The van der Waals surface area contributed by atoms with Crippen molar-refractivity contribution < 1.29 is 23.7 Å². The molecule has 9 heteroatoms. The summed E-state index contributed by atoms with van der Waals surface area (Å²) in [5.41, 5.74) is 1.91. The van der Waals surface area contributed by atoms with Crippen molar-refractivity contribution in [3.8, 4) is 5.75 Å². The van der Waals surface area contributed by atoms with Crippen LogP contribution in [-0.2, 0) is 14.2 Å². The summed E-state index contributed by atoms with van der Waals surface area (Å²) in [6.07, 6.45) is 14.4. The van der Waals surface area contributed by atoms with E-state index >= 15 is 0 Å². The predicted molar refractivity (Wildman–Crippen MR) is 130 cm³/mol. The third-order valence-electron chi connectivity index (χ3n) is 6.12. The van der Waals surface area contributed by atoms with Crippen LogP contribution in [0, 0.1) is 0 Å². The molecule has 35 heavy (non-hydrogen) atoms. The molecule has 1 saturated heterocycles. The lowest BCUT2D eigenvalue weighted by Crippen LogP contribution is -2.27. The van der Waals surface area contributed by atoms with Gasteiger partial charge in [-0.15, -0.1) is 0 Å². The highest BCUT2D eigenvalue weighted by Crippen LogP contribution is 2.30.